The lowest BCUT2D eigenvalue weighted by Gasteiger charge is -2.37. The first-order chi connectivity index (χ1) is 14.2. The van der Waals surface area contributed by atoms with Gasteiger partial charge in [0.05, 0.1) is 17.5 Å². The molecular weight excluding hydrogens is 364 g/mol. The molecule has 6 heteroatoms. The average Bonchev–Trinajstić information content (AvgIpc) is 3.16. The molecule has 1 aromatic rings. The molecule has 160 valence electrons. The zero-order valence-electron chi connectivity index (χ0n) is 18.0. The van der Waals surface area contributed by atoms with E-state index in [1.54, 1.807) is 0 Å². The molecule has 1 aromatic carbocycles. The summed E-state index contributed by atoms with van der Waals surface area (Å²) in [6.45, 7) is 12.7. The molecule has 1 N–H and O–H groups in total. The lowest BCUT2D eigenvalue weighted by atomic mass is 10.1. The molecule has 1 unspecified atom stereocenters. The number of hydrogen-bond donors (Lipinski definition) is 1. The van der Waals surface area contributed by atoms with Crippen LogP contribution in [0.15, 0.2) is 36.0 Å². The molecule has 0 radical (unpaired) electrons. The largest absolute Gasteiger partial charge is 0.489 e. The minimum atomic E-state index is 0.151. The van der Waals surface area contributed by atoms with Crippen LogP contribution in [0, 0.1) is 0 Å². The number of anilines is 1. The van der Waals surface area contributed by atoms with E-state index in [0.717, 1.165) is 45.0 Å². The second-order valence-electron chi connectivity index (χ2n) is 8.71. The molecule has 0 amide bonds. The van der Waals surface area contributed by atoms with Gasteiger partial charge in [-0.3, -0.25) is 20.1 Å². The third-order valence-corrected chi connectivity index (χ3v) is 5.95. The summed E-state index contributed by atoms with van der Waals surface area (Å²) in [6.07, 6.45) is 6.66. The van der Waals surface area contributed by atoms with E-state index >= 15 is 0 Å². The Morgan fingerprint density at radius 2 is 1.76 bits per heavy atom. The Balaban J connectivity index is 1.25. The summed E-state index contributed by atoms with van der Waals surface area (Å²) < 4.78 is 6.01. The molecule has 3 heterocycles. The van der Waals surface area contributed by atoms with Gasteiger partial charge in [-0.05, 0) is 58.0 Å². The molecule has 0 bridgehead atoms. The van der Waals surface area contributed by atoms with Gasteiger partial charge in [-0.15, -0.1) is 0 Å². The Kier molecular flexibility index (Phi) is 6.95. The van der Waals surface area contributed by atoms with Gasteiger partial charge in [0.2, 0.25) is 0 Å². The van der Waals surface area contributed by atoms with Gasteiger partial charge in [-0.1, -0.05) is 18.6 Å². The molecule has 0 aromatic heterocycles. The van der Waals surface area contributed by atoms with Gasteiger partial charge in [0, 0.05) is 39.3 Å². The number of nitrogens with one attached hydrogen (secondary N) is 1. The Bertz CT molecular complexity index is 679. The maximum Gasteiger partial charge on any atom is 0.142 e. The van der Waals surface area contributed by atoms with Crippen molar-refractivity contribution in [3.05, 3.63) is 36.0 Å². The minimum absolute atomic E-state index is 0.151. The van der Waals surface area contributed by atoms with Crippen molar-refractivity contribution in [2.75, 3.05) is 57.3 Å². The van der Waals surface area contributed by atoms with Gasteiger partial charge in [0.1, 0.15) is 11.9 Å². The van der Waals surface area contributed by atoms with Gasteiger partial charge in [0.25, 0.3) is 0 Å². The smallest absolute Gasteiger partial charge is 0.142 e. The molecule has 1 atom stereocenters. The second-order valence-corrected chi connectivity index (χ2v) is 8.71. The standard InChI is InChI=1S/C23H36N4O2/c1-19(2)28-23-9-5-4-8-22(23)27-14-12-26(13-15-27)18-21-16-20(24-29-21)17-25-10-6-3-7-11-25/h4-5,8-9,16,19,21,24H,3,6-7,10-15,17-18H2,1-2H3. The van der Waals surface area contributed by atoms with Crippen LogP contribution in [-0.2, 0) is 4.84 Å². The van der Waals surface area contributed by atoms with Crippen molar-refractivity contribution in [3.63, 3.8) is 0 Å². The van der Waals surface area contributed by atoms with Crippen LogP contribution in [0.2, 0.25) is 0 Å². The summed E-state index contributed by atoms with van der Waals surface area (Å²) >= 11 is 0. The van der Waals surface area contributed by atoms with Crippen molar-refractivity contribution in [1.82, 2.24) is 15.3 Å². The Morgan fingerprint density at radius 3 is 2.52 bits per heavy atom. The molecule has 4 rings (SSSR count). The van der Waals surface area contributed by atoms with E-state index in [9.17, 15) is 0 Å². The molecule has 0 spiro atoms. The van der Waals surface area contributed by atoms with Crippen molar-refractivity contribution in [2.24, 2.45) is 0 Å². The van der Waals surface area contributed by atoms with Crippen LogP contribution in [0.25, 0.3) is 0 Å². The first-order valence-electron chi connectivity index (χ1n) is 11.2. The highest BCUT2D eigenvalue weighted by Gasteiger charge is 2.25. The molecule has 6 nitrogen and oxygen atoms in total. The number of rotatable bonds is 7. The Hall–Kier alpha value is -1.76. The summed E-state index contributed by atoms with van der Waals surface area (Å²) in [5.74, 6) is 0.990. The minimum Gasteiger partial charge on any atom is -0.489 e. The van der Waals surface area contributed by atoms with Crippen LogP contribution < -0.4 is 15.1 Å². The van der Waals surface area contributed by atoms with E-state index in [4.69, 9.17) is 9.57 Å². The quantitative estimate of drug-likeness (QED) is 0.759. The van der Waals surface area contributed by atoms with E-state index in [0.29, 0.717) is 0 Å². The van der Waals surface area contributed by atoms with Crippen molar-refractivity contribution in [1.29, 1.82) is 0 Å². The molecule has 2 fully saturated rings. The Labute approximate surface area is 175 Å². The van der Waals surface area contributed by atoms with Crippen molar-refractivity contribution >= 4 is 5.69 Å². The van der Waals surface area contributed by atoms with Crippen molar-refractivity contribution in [2.45, 2.75) is 45.3 Å². The van der Waals surface area contributed by atoms with Crippen LogP contribution >= 0.6 is 0 Å². The van der Waals surface area contributed by atoms with Crippen LogP contribution in [0.1, 0.15) is 33.1 Å². The molecule has 2 saturated heterocycles. The lowest BCUT2D eigenvalue weighted by Crippen LogP contribution is -2.48. The summed E-state index contributed by atoms with van der Waals surface area (Å²) in [6, 6.07) is 8.40. The molecule has 3 aliphatic heterocycles. The monoisotopic (exact) mass is 400 g/mol. The summed E-state index contributed by atoms with van der Waals surface area (Å²) in [4.78, 5) is 13.3. The van der Waals surface area contributed by atoms with Crippen molar-refractivity contribution in [3.8, 4) is 5.75 Å². The molecule has 0 aliphatic carbocycles. The van der Waals surface area contributed by atoms with Crippen molar-refractivity contribution < 1.29 is 9.57 Å². The molecule has 0 saturated carbocycles. The number of piperidine rings is 1. The van der Waals surface area contributed by atoms with E-state index < -0.39 is 0 Å². The highest BCUT2D eigenvalue weighted by molar-refractivity contribution is 5.58. The second kappa shape index (κ2) is 9.83. The molecular formula is C23H36N4O2. The average molecular weight is 401 g/mol. The third kappa shape index (κ3) is 5.65. The van der Waals surface area contributed by atoms with Gasteiger partial charge < -0.3 is 9.64 Å². The van der Waals surface area contributed by atoms with Gasteiger partial charge >= 0.3 is 0 Å². The zero-order valence-corrected chi connectivity index (χ0v) is 18.0. The number of para-hydroxylation sites is 2. The van der Waals surface area contributed by atoms with Gasteiger partial charge in [-0.25, -0.2) is 0 Å². The van der Waals surface area contributed by atoms with E-state index in [2.05, 4.69) is 64.4 Å². The topological polar surface area (TPSA) is 40.2 Å². The van der Waals surface area contributed by atoms with E-state index in [1.165, 1.54) is 43.7 Å². The number of hydroxylamine groups is 1. The predicted molar refractivity (Wildman–Crippen MR) is 117 cm³/mol. The fraction of sp³-hybridized carbons (Fsp3) is 0.652. The number of hydrogen-bond acceptors (Lipinski definition) is 6. The highest BCUT2D eigenvalue weighted by atomic mass is 16.7. The number of benzene rings is 1. The maximum atomic E-state index is 6.01. The summed E-state index contributed by atoms with van der Waals surface area (Å²) in [7, 11) is 0. The van der Waals surface area contributed by atoms with Crippen LogP contribution in [0.4, 0.5) is 5.69 Å². The highest BCUT2D eigenvalue weighted by Crippen LogP contribution is 2.29. The molecule has 29 heavy (non-hydrogen) atoms. The third-order valence-electron chi connectivity index (χ3n) is 5.95. The van der Waals surface area contributed by atoms with Gasteiger partial charge in [0.15, 0.2) is 0 Å². The van der Waals surface area contributed by atoms with Crippen LogP contribution in [0.5, 0.6) is 5.75 Å². The first kappa shape index (κ1) is 20.5. The number of piperazine rings is 1. The predicted octanol–water partition coefficient (Wildman–Crippen LogP) is 2.87. The normalized spacial score (nSPS) is 23.9. The first-order valence-corrected chi connectivity index (χ1v) is 11.2. The number of ether oxygens (including phenoxy) is 1. The fourth-order valence-electron chi connectivity index (χ4n) is 4.48. The van der Waals surface area contributed by atoms with Gasteiger partial charge in [-0.2, -0.15) is 0 Å². The van der Waals surface area contributed by atoms with Crippen LogP contribution in [-0.4, -0.2) is 74.4 Å². The molecule has 3 aliphatic rings. The zero-order chi connectivity index (χ0) is 20.1. The number of nitrogens with zero attached hydrogens (tertiary/aromatic N) is 3. The lowest BCUT2D eigenvalue weighted by molar-refractivity contribution is 0.0178. The number of likely N-dealkylation sites (tertiary alicyclic amines) is 1. The fourth-order valence-corrected chi connectivity index (χ4v) is 4.48. The van der Waals surface area contributed by atoms with Crippen LogP contribution in [0.3, 0.4) is 0 Å². The summed E-state index contributed by atoms with van der Waals surface area (Å²) in [5, 5.41) is 0. The SMILES string of the molecule is CC(C)Oc1ccccc1N1CCN(CC2C=C(CN3CCCCC3)NO2)CC1. The van der Waals surface area contributed by atoms with E-state index in [1.807, 2.05) is 0 Å². The Morgan fingerprint density at radius 1 is 1.00 bits per heavy atom. The maximum absolute atomic E-state index is 6.01. The summed E-state index contributed by atoms with van der Waals surface area (Å²) in [5.41, 5.74) is 5.61. The van der Waals surface area contributed by atoms with E-state index in [-0.39, 0.29) is 12.2 Å².